The average molecular weight is 264 g/mol. The lowest BCUT2D eigenvalue weighted by atomic mass is 10.0. The molecule has 0 saturated carbocycles. The molecule has 1 aromatic rings. The quantitative estimate of drug-likeness (QED) is 0.551. The molecule has 0 heterocycles. The van der Waals surface area contributed by atoms with Crippen molar-refractivity contribution in [1.29, 1.82) is 0 Å². The number of benzene rings is 1. The molecule has 0 spiro atoms. The number of aryl methyl sites for hydroxylation is 2. The van der Waals surface area contributed by atoms with Crippen molar-refractivity contribution in [2.24, 2.45) is 0 Å². The smallest absolute Gasteiger partial charge is 0.305 e. The molecule has 3 nitrogen and oxygen atoms in total. The SMILES string of the molecule is COC(=O)CCCCCc1cccc(CCCO)c1. The van der Waals surface area contributed by atoms with Gasteiger partial charge >= 0.3 is 5.97 Å². The van der Waals surface area contributed by atoms with Crippen LogP contribution in [0.25, 0.3) is 0 Å². The summed E-state index contributed by atoms with van der Waals surface area (Å²) in [7, 11) is 1.43. The second-order valence-corrected chi connectivity index (χ2v) is 4.78. The summed E-state index contributed by atoms with van der Waals surface area (Å²) in [5.74, 6) is -0.119. The predicted octanol–water partition coefficient (Wildman–Crippen LogP) is 2.89. The second-order valence-electron chi connectivity index (χ2n) is 4.78. The van der Waals surface area contributed by atoms with Crippen molar-refractivity contribution in [3.05, 3.63) is 35.4 Å². The van der Waals surface area contributed by atoms with Gasteiger partial charge in [0, 0.05) is 13.0 Å². The van der Waals surface area contributed by atoms with Gasteiger partial charge in [-0.25, -0.2) is 0 Å². The van der Waals surface area contributed by atoms with E-state index in [1.807, 2.05) is 0 Å². The van der Waals surface area contributed by atoms with Crippen LogP contribution in [0.5, 0.6) is 0 Å². The summed E-state index contributed by atoms with van der Waals surface area (Å²) in [4.78, 5) is 10.9. The number of hydrogen-bond acceptors (Lipinski definition) is 3. The van der Waals surface area contributed by atoms with Crippen LogP contribution >= 0.6 is 0 Å². The maximum Gasteiger partial charge on any atom is 0.305 e. The van der Waals surface area contributed by atoms with E-state index in [-0.39, 0.29) is 12.6 Å². The zero-order chi connectivity index (χ0) is 13.9. The molecule has 0 unspecified atom stereocenters. The fraction of sp³-hybridized carbons (Fsp3) is 0.562. The van der Waals surface area contributed by atoms with Crippen LogP contribution in [0.15, 0.2) is 24.3 Å². The molecule has 0 bridgehead atoms. The van der Waals surface area contributed by atoms with E-state index in [1.54, 1.807) is 0 Å². The third-order valence-electron chi connectivity index (χ3n) is 3.19. The van der Waals surface area contributed by atoms with Crippen molar-refractivity contribution in [2.45, 2.75) is 44.9 Å². The van der Waals surface area contributed by atoms with Crippen molar-refractivity contribution >= 4 is 5.97 Å². The largest absolute Gasteiger partial charge is 0.469 e. The van der Waals surface area contributed by atoms with E-state index in [0.29, 0.717) is 6.42 Å². The Morgan fingerprint density at radius 3 is 2.42 bits per heavy atom. The second kappa shape index (κ2) is 9.56. The number of aliphatic hydroxyl groups is 1. The van der Waals surface area contributed by atoms with Crippen LogP contribution in [-0.2, 0) is 22.4 Å². The number of esters is 1. The van der Waals surface area contributed by atoms with Gasteiger partial charge in [-0.1, -0.05) is 30.7 Å². The van der Waals surface area contributed by atoms with Crippen molar-refractivity contribution in [1.82, 2.24) is 0 Å². The summed E-state index contributed by atoms with van der Waals surface area (Å²) in [6, 6.07) is 8.55. The van der Waals surface area contributed by atoms with E-state index in [1.165, 1.54) is 18.2 Å². The molecule has 0 atom stereocenters. The fourth-order valence-corrected chi connectivity index (χ4v) is 2.10. The van der Waals surface area contributed by atoms with Crippen molar-refractivity contribution in [3.8, 4) is 0 Å². The van der Waals surface area contributed by atoms with E-state index in [4.69, 9.17) is 5.11 Å². The van der Waals surface area contributed by atoms with Gasteiger partial charge in [-0.3, -0.25) is 4.79 Å². The molecule has 0 aromatic heterocycles. The maximum absolute atomic E-state index is 10.9. The minimum Gasteiger partial charge on any atom is -0.469 e. The Balaban J connectivity index is 2.23. The molecule has 0 aliphatic carbocycles. The summed E-state index contributed by atoms with van der Waals surface area (Å²) in [5, 5.41) is 8.82. The minimum absolute atomic E-state index is 0.119. The Labute approximate surface area is 115 Å². The van der Waals surface area contributed by atoms with Gasteiger partial charge in [0.05, 0.1) is 7.11 Å². The van der Waals surface area contributed by atoms with E-state index >= 15 is 0 Å². The van der Waals surface area contributed by atoms with Gasteiger partial charge < -0.3 is 9.84 Å². The number of ether oxygens (including phenoxy) is 1. The van der Waals surface area contributed by atoms with Crippen LogP contribution in [0.2, 0.25) is 0 Å². The standard InChI is InChI=1S/C16H24O3/c1-19-16(18)11-4-2-3-7-14-8-5-9-15(13-14)10-6-12-17/h5,8-9,13,17H,2-4,6-7,10-12H2,1H3. The first-order valence-electron chi connectivity index (χ1n) is 7.01. The maximum atomic E-state index is 10.9. The summed E-state index contributed by atoms with van der Waals surface area (Å²) < 4.78 is 4.61. The zero-order valence-electron chi connectivity index (χ0n) is 11.7. The Kier molecular flexibility index (Phi) is 7.91. The normalized spacial score (nSPS) is 10.4. The molecule has 1 rings (SSSR count). The predicted molar refractivity (Wildman–Crippen MR) is 76.0 cm³/mol. The summed E-state index contributed by atoms with van der Waals surface area (Å²) in [6.07, 6.45) is 6.38. The van der Waals surface area contributed by atoms with E-state index in [2.05, 4.69) is 29.0 Å². The van der Waals surface area contributed by atoms with Crippen LogP contribution in [0.1, 0.15) is 43.2 Å². The molecule has 0 aliphatic heterocycles. The molecular weight excluding hydrogens is 240 g/mol. The van der Waals surface area contributed by atoms with Gasteiger partial charge in [0.2, 0.25) is 0 Å². The lowest BCUT2D eigenvalue weighted by molar-refractivity contribution is -0.140. The number of hydrogen-bond donors (Lipinski definition) is 1. The van der Waals surface area contributed by atoms with Gasteiger partial charge in [0.15, 0.2) is 0 Å². The van der Waals surface area contributed by atoms with Gasteiger partial charge in [-0.2, -0.15) is 0 Å². The zero-order valence-corrected chi connectivity index (χ0v) is 11.7. The van der Waals surface area contributed by atoms with Gasteiger partial charge in [-0.15, -0.1) is 0 Å². The Bertz CT molecular complexity index is 374. The molecule has 1 aromatic carbocycles. The van der Waals surface area contributed by atoms with Gasteiger partial charge in [0.1, 0.15) is 0 Å². The number of rotatable bonds is 9. The van der Waals surface area contributed by atoms with Crippen molar-refractivity contribution < 1.29 is 14.6 Å². The van der Waals surface area contributed by atoms with Crippen LogP contribution in [0.4, 0.5) is 0 Å². The first kappa shape index (κ1) is 15.7. The summed E-state index contributed by atoms with van der Waals surface area (Å²) in [6.45, 7) is 0.248. The lowest BCUT2D eigenvalue weighted by Gasteiger charge is -2.05. The van der Waals surface area contributed by atoms with E-state index < -0.39 is 0 Å². The Hall–Kier alpha value is -1.35. The third-order valence-corrected chi connectivity index (χ3v) is 3.19. The Morgan fingerprint density at radius 2 is 1.79 bits per heavy atom. The topological polar surface area (TPSA) is 46.5 Å². The molecule has 0 aliphatic rings. The fourth-order valence-electron chi connectivity index (χ4n) is 2.10. The monoisotopic (exact) mass is 264 g/mol. The van der Waals surface area contributed by atoms with E-state index in [9.17, 15) is 4.79 Å². The number of methoxy groups -OCH3 is 1. The van der Waals surface area contributed by atoms with Crippen molar-refractivity contribution in [2.75, 3.05) is 13.7 Å². The molecular formula is C16H24O3. The number of carbonyl (C=O) groups excluding carboxylic acids is 1. The molecule has 0 amide bonds. The average Bonchev–Trinajstić information content (AvgIpc) is 2.45. The number of aliphatic hydroxyl groups excluding tert-OH is 1. The summed E-state index contributed by atoms with van der Waals surface area (Å²) >= 11 is 0. The molecule has 0 fully saturated rings. The van der Waals surface area contributed by atoms with Gasteiger partial charge in [-0.05, 0) is 43.2 Å². The first-order valence-corrected chi connectivity index (χ1v) is 7.01. The van der Waals surface area contributed by atoms with Crippen LogP contribution in [0.3, 0.4) is 0 Å². The lowest BCUT2D eigenvalue weighted by Crippen LogP contribution is -1.99. The number of carbonyl (C=O) groups is 1. The van der Waals surface area contributed by atoms with Crippen LogP contribution < -0.4 is 0 Å². The Morgan fingerprint density at radius 1 is 1.11 bits per heavy atom. The summed E-state index contributed by atoms with van der Waals surface area (Å²) in [5.41, 5.74) is 2.63. The highest BCUT2D eigenvalue weighted by Gasteiger charge is 2.00. The molecule has 0 radical (unpaired) electrons. The highest BCUT2D eigenvalue weighted by atomic mass is 16.5. The molecule has 19 heavy (non-hydrogen) atoms. The van der Waals surface area contributed by atoms with Crippen LogP contribution in [0, 0.1) is 0 Å². The highest BCUT2D eigenvalue weighted by Crippen LogP contribution is 2.12. The van der Waals surface area contributed by atoms with Crippen molar-refractivity contribution in [3.63, 3.8) is 0 Å². The number of unbranched alkanes of at least 4 members (excludes halogenated alkanes) is 2. The molecule has 3 heteroatoms. The minimum atomic E-state index is -0.119. The first-order chi connectivity index (χ1) is 9.26. The van der Waals surface area contributed by atoms with Gasteiger partial charge in [0.25, 0.3) is 0 Å². The highest BCUT2D eigenvalue weighted by molar-refractivity contribution is 5.68. The molecule has 1 N–H and O–H groups in total. The third kappa shape index (κ3) is 6.97. The van der Waals surface area contributed by atoms with Crippen LogP contribution in [-0.4, -0.2) is 24.8 Å². The van der Waals surface area contributed by atoms with E-state index in [0.717, 1.165) is 38.5 Å². The molecule has 0 saturated heterocycles. The molecule has 106 valence electrons.